The molecule has 2 aromatic rings. The van der Waals surface area contributed by atoms with Gasteiger partial charge < -0.3 is 9.73 Å². The molecule has 0 unspecified atom stereocenters. The Kier molecular flexibility index (Phi) is 3.41. The van der Waals surface area contributed by atoms with Gasteiger partial charge in [0.25, 0.3) is 0 Å². The van der Waals surface area contributed by atoms with Crippen LogP contribution in [0.2, 0.25) is 0 Å². The number of oxazole rings is 1. The Balaban J connectivity index is 2.35. The van der Waals surface area contributed by atoms with Crippen LogP contribution in [0.5, 0.6) is 0 Å². The molecule has 16 heavy (non-hydrogen) atoms. The van der Waals surface area contributed by atoms with Crippen LogP contribution < -0.4 is 5.32 Å². The number of aryl methyl sites for hydroxylation is 1. The summed E-state index contributed by atoms with van der Waals surface area (Å²) >= 11 is 3.52. The zero-order valence-electron chi connectivity index (χ0n) is 9.25. The molecule has 1 N–H and O–H groups in total. The van der Waals surface area contributed by atoms with Crippen molar-refractivity contribution in [2.24, 2.45) is 0 Å². The SMILES string of the molecule is CNCc1coc(-c2ccc(C)cc2Br)n1. The molecule has 1 heterocycles. The normalized spacial score (nSPS) is 10.7. The van der Waals surface area contributed by atoms with E-state index in [0.717, 1.165) is 15.7 Å². The second-order valence-corrected chi connectivity index (χ2v) is 4.51. The first-order valence-corrected chi connectivity index (χ1v) is 5.85. The van der Waals surface area contributed by atoms with E-state index < -0.39 is 0 Å². The molecule has 1 aromatic heterocycles. The van der Waals surface area contributed by atoms with Gasteiger partial charge in [-0.1, -0.05) is 6.07 Å². The van der Waals surface area contributed by atoms with Crippen molar-refractivity contribution in [3.8, 4) is 11.5 Å². The zero-order chi connectivity index (χ0) is 11.5. The molecule has 84 valence electrons. The standard InChI is InChI=1S/C12H13BrN2O/c1-8-3-4-10(11(13)5-8)12-15-9(6-14-2)7-16-12/h3-5,7,14H,6H2,1-2H3. The van der Waals surface area contributed by atoms with E-state index in [-0.39, 0.29) is 0 Å². The summed E-state index contributed by atoms with van der Waals surface area (Å²) in [6.45, 7) is 2.77. The Morgan fingerprint density at radius 1 is 1.44 bits per heavy atom. The van der Waals surface area contributed by atoms with Crippen LogP contribution in [0.15, 0.2) is 33.4 Å². The van der Waals surface area contributed by atoms with Crippen LogP contribution in [-0.2, 0) is 6.54 Å². The first kappa shape index (κ1) is 11.4. The molecular formula is C12H13BrN2O. The average molecular weight is 281 g/mol. The van der Waals surface area contributed by atoms with Crippen molar-refractivity contribution in [2.45, 2.75) is 13.5 Å². The Labute approximate surface area is 103 Å². The van der Waals surface area contributed by atoms with E-state index >= 15 is 0 Å². The lowest BCUT2D eigenvalue weighted by Gasteiger charge is -2.00. The maximum absolute atomic E-state index is 5.44. The Morgan fingerprint density at radius 3 is 2.94 bits per heavy atom. The second kappa shape index (κ2) is 4.80. The number of nitrogens with zero attached hydrogens (tertiary/aromatic N) is 1. The van der Waals surface area contributed by atoms with Crippen molar-refractivity contribution in [1.29, 1.82) is 0 Å². The molecule has 0 aliphatic rings. The summed E-state index contributed by atoms with van der Waals surface area (Å²) in [5, 5.41) is 3.04. The van der Waals surface area contributed by atoms with Crippen LogP contribution in [0, 0.1) is 6.92 Å². The van der Waals surface area contributed by atoms with Crippen LogP contribution in [0.3, 0.4) is 0 Å². The number of benzene rings is 1. The maximum Gasteiger partial charge on any atom is 0.227 e. The quantitative estimate of drug-likeness (QED) is 0.939. The van der Waals surface area contributed by atoms with E-state index in [2.05, 4.69) is 39.2 Å². The van der Waals surface area contributed by atoms with Crippen molar-refractivity contribution in [2.75, 3.05) is 7.05 Å². The van der Waals surface area contributed by atoms with Crippen molar-refractivity contribution in [3.63, 3.8) is 0 Å². The summed E-state index contributed by atoms with van der Waals surface area (Å²) in [6, 6.07) is 6.10. The number of aromatic nitrogens is 1. The van der Waals surface area contributed by atoms with Crippen molar-refractivity contribution < 1.29 is 4.42 Å². The summed E-state index contributed by atoms with van der Waals surface area (Å²) in [7, 11) is 1.89. The van der Waals surface area contributed by atoms with Crippen LogP contribution >= 0.6 is 15.9 Å². The predicted molar refractivity (Wildman–Crippen MR) is 67.1 cm³/mol. The lowest BCUT2D eigenvalue weighted by Crippen LogP contribution is -2.04. The second-order valence-electron chi connectivity index (χ2n) is 3.66. The Morgan fingerprint density at radius 2 is 2.25 bits per heavy atom. The van der Waals surface area contributed by atoms with Crippen LogP contribution in [0.25, 0.3) is 11.5 Å². The van der Waals surface area contributed by atoms with Gasteiger partial charge in [0.15, 0.2) is 0 Å². The molecule has 2 rings (SSSR count). The fourth-order valence-electron chi connectivity index (χ4n) is 1.49. The molecule has 1 aromatic carbocycles. The fourth-order valence-corrected chi connectivity index (χ4v) is 2.15. The van der Waals surface area contributed by atoms with Gasteiger partial charge in [-0.2, -0.15) is 0 Å². The van der Waals surface area contributed by atoms with Gasteiger partial charge in [-0.25, -0.2) is 4.98 Å². The van der Waals surface area contributed by atoms with Gasteiger partial charge in [-0.05, 0) is 47.6 Å². The van der Waals surface area contributed by atoms with Crippen molar-refractivity contribution in [3.05, 3.63) is 40.2 Å². The molecule has 0 fully saturated rings. The van der Waals surface area contributed by atoms with Gasteiger partial charge in [0.1, 0.15) is 6.26 Å². The maximum atomic E-state index is 5.44. The molecule has 0 radical (unpaired) electrons. The lowest BCUT2D eigenvalue weighted by atomic mass is 10.1. The summed E-state index contributed by atoms with van der Waals surface area (Å²) in [6.07, 6.45) is 1.68. The molecule has 4 heteroatoms. The number of hydrogen-bond donors (Lipinski definition) is 1. The molecule has 0 saturated heterocycles. The monoisotopic (exact) mass is 280 g/mol. The third kappa shape index (κ3) is 2.33. The third-order valence-electron chi connectivity index (χ3n) is 2.26. The Bertz CT molecular complexity index is 494. The topological polar surface area (TPSA) is 38.1 Å². The highest BCUT2D eigenvalue weighted by atomic mass is 79.9. The average Bonchev–Trinajstić information content (AvgIpc) is 2.67. The first-order chi connectivity index (χ1) is 7.70. The largest absolute Gasteiger partial charge is 0.444 e. The minimum absolute atomic E-state index is 0.650. The fraction of sp³-hybridized carbons (Fsp3) is 0.250. The van der Waals surface area contributed by atoms with Crippen molar-refractivity contribution >= 4 is 15.9 Å². The molecule has 0 atom stereocenters. The van der Waals surface area contributed by atoms with E-state index in [9.17, 15) is 0 Å². The van der Waals surface area contributed by atoms with E-state index in [1.807, 2.05) is 19.2 Å². The predicted octanol–water partition coefficient (Wildman–Crippen LogP) is 3.13. The number of rotatable bonds is 3. The van der Waals surface area contributed by atoms with E-state index in [1.165, 1.54) is 5.56 Å². The highest BCUT2D eigenvalue weighted by molar-refractivity contribution is 9.10. The van der Waals surface area contributed by atoms with Gasteiger partial charge in [0, 0.05) is 11.0 Å². The summed E-state index contributed by atoms with van der Waals surface area (Å²) in [4.78, 5) is 4.40. The minimum atomic E-state index is 0.650. The first-order valence-electron chi connectivity index (χ1n) is 5.06. The van der Waals surface area contributed by atoms with Crippen molar-refractivity contribution in [1.82, 2.24) is 10.3 Å². The number of nitrogens with one attached hydrogen (secondary N) is 1. The van der Waals surface area contributed by atoms with Gasteiger partial charge in [-0.3, -0.25) is 0 Å². The summed E-state index contributed by atoms with van der Waals surface area (Å²) in [5.74, 6) is 0.650. The van der Waals surface area contributed by atoms with E-state index in [0.29, 0.717) is 12.4 Å². The molecule has 0 aliphatic heterocycles. The zero-order valence-corrected chi connectivity index (χ0v) is 10.8. The molecular weight excluding hydrogens is 268 g/mol. The van der Waals surface area contributed by atoms with Gasteiger partial charge in [-0.15, -0.1) is 0 Å². The molecule has 0 aliphatic carbocycles. The number of hydrogen-bond acceptors (Lipinski definition) is 3. The molecule has 0 saturated carbocycles. The summed E-state index contributed by atoms with van der Waals surface area (Å²) < 4.78 is 6.45. The van der Waals surface area contributed by atoms with Crippen LogP contribution in [0.4, 0.5) is 0 Å². The highest BCUT2D eigenvalue weighted by Gasteiger charge is 2.09. The molecule has 0 spiro atoms. The Hall–Kier alpha value is -1.13. The smallest absolute Gasteiger partial charge is 0.227 e. The lowest BCUT2D eigenvalue weighted by molar-refractivity contribution is 0.571. The van der Waals surface area contributed by atoms with Gasteiger partial charge >= 0.3 is 0 Å². The van der Waals surface area contributed by atoms with Gasteiger partial charge in [0.05, 0.1) is 11.3 Å². The molecule has 3 nitrogen and oxygen atoms in total. The van der Waals surface area contributed by atoms with Gasteiger partial charge in [0.2, 0.25) is 5.89 Å². The highest BCUT2D eigenvalue weighted by Crippen LogP contribution is 2.28. The third-order valence-corrected chi connectivity index (χ3v) is 2.92. The number of halogens is 1. The summed E-state index contributed by atoms with van der Waals surface area (Å²) in [5.41, 5.74) is 3.09. The van der Waals surface area contributed by atoms with Crippen LogP contribution in [-0.4, -0.2) is 12.0 Å². The molecule has 0 amide bonds. The van der Waals surface area contributed by atoms with Crippen LogP contribution in [0.1, 0.15) is 11.3 Å². The molecule has 0 bridgehead atoms. The van der Waals surface area contributed by atoms with E-state index in [4.69, 9.17) is 4.42 Å². The minimum Gasteiger partial charge on any atom is -0.444 e. The van der Waals surface area contributed by atoms with E-state index in [1.54, 1.807) is 6.26 Å².